The van der Waals surface area contributed by atoms with Gasteiger partial charge in [0.15, 0.2) is 5.96 Å². The molecule has 2 rings (SSSR count). The van der Waals surface area contributed by atoms with Gasteiger partial charge < -0.3 is 15.4 Å². The van der Waals surface area contributed by atoms with Gasteiger partial charge in [0, 0.05) is 38.2 Å². The van der Waals surface area contributed by atoms with Gasteiger partial charge in [0.1, 0.15) is 0 Å². The molecule has 1 aromatic carbocycles. The number of unbranched alkanes of at least 4 members (excludes halogenated alkanes) is 1. The van der Waals surface area contributed by atoms with E-state index in [1.807, 2.05) is 37.0 Å². The molecule has 1 aliphatic heterocycles. The number of thioether (sulfide) groups is 1. The van der Waals surface area contributed by atoms with Crippen LogP contribution in [0.5, 0.6) is 0 Å². The summed E-state index contributed by atoms with van der Waals surface area (Å²) in [6, 6.07) is 8.30. The summed E-state index contributed by atoms with van der Waals surface area (Å²) in [7, 11) is 1.82. The molecule has 1 heterocycles. The summed E-state index contributed by atoms with van der Waals surface area (Å²) in [5.41, 5.74) is 1.15. The standard InChI is InChI=1S/C19H31ClN4OS/c1-21-19(22-9-5-6-14-26-2)23-15-18(24-10-12-25-13-11-24)16-7-3-4-8-17(16)20/h3-4,7-8,18H,5-6,9-15H2,1-2H3,(H2,21,22,23). The summed E-state index contributed by atoms with van der Waals surface area (Å²) >= 11 is 8.38. The summed E-state index contributed by atoms with van der Waals surface area (Å²) in [4.78, 5) is 6.79. The third-order valence-electron chi connectivity index (χ3n) is 4.50. The Morgan fingerprint density at radius 1 is 1.27 bits per heavy atom. The Labute approximate surface area is 166 Å². The van der Waals surface area contributed by atoms with Gasteiger partial charge in [-0.05, 0) is 36.5 Å². The number of ether oxygens (including phenoxy) is 1. The van der Waals surface area contributed by atoms with Crippen LogP contribution in [-0.4, -0.2) is 69.3 Å². The average molecular weight is 399 g/mol. The molecular weight excluding hydrogens is 368 g/mol. The van der Waals surface area contributed by atoms with E-state index in [-0.39, 0.29) is 6.04 Å². The Balaban J connectivity index is 1.94. The molecule has 0 bridgehead atoms. The minimum Gasteiger partial charge on any atom is -0.379 e. The Hall–Kier alpha value is -0.950. The van der Waals surface area contributed by atoms with Crippen molar-refractivity contribution in [2.45, 2.75) is 18.9 Å². The van der Waals surface area contributed by atoms with Gasteiger partial charge in [-0.2, -0.15) is 11.8 Å². The first-order valence-corrected chi connectivity index (χ1v) is 11.0. The van der Waals surface area contributed by atoms with E-state index in [0.717, 1.165) is 62.4 Å². The van der Waals surface area contributed by atoms with Gasteiger partial charge in [-0.1, -0.05) is 29.8 Å². The number of hydrogen-bond acceptors (Lipinski definition) is 4. The van der Waals surface area contributed by atoms with Gasteiger partial charge in [0.05, 0.1) is 19.3 Å². The number of halogens is 1. The monoisotopic (exact) mass is 398 g/mol. The topological polar surface area (TPSA) is 48.9 Å². The maximum atomic E-state index is 6.49. The van der Waals surface area contributed by atoms with E-state index in [0.29, 0.717) is 0 Å². The van der Waals surface area contributed by atoms with Crippen molar-refractivity contribution in [3.8, 4) is 0 Å². The number of benzene rings is 1. The molecule has 0 radical (unpaired) electrons. The summed E-state index contributed by atoms with van der Waals surface area (Å²) in [5, 5.41) is 7.69. The zero-order valence-electron chi connectivity index (χ0n) is 15.8. The molecule has 0 aliphatic carbocycles. The van der Waals surface area contributed by atoms with Crippen molar-refractivity contribution in [3.05, 3.63) is 34.9 Å². The van der Waals surface area contributed by atoms with Crippen molar-refractivity contribution in [2.24, 2.45) is 4.99 Å². The molecule has 2 N–H and O–H groups in total. The molecule has 0 aromatic heterocycles. The molecule has 26 heavy (non-hydrogen) atoms. The number of hydrogen-bond donors (Lipinski definition) is 2. The van der Waals surface area contributed by atoms with Gasteiger partial charge in [-0.3, -0.25) is 9.89 Å². The molecule has 1 unspecified atom stereocenters. The van der Waals surface area contributed by atoms with Gasteiger partial charge in [-0.25, -0.2) is 0 Å². The average Bonchev–Trinajstić information content (AvgIpc) is 2.68. The number of aliphatic imine (C=N–C) groups is 1. The van der Waals surface area contributed by atoms with Crippen LogP contribution < -0.4 is 10.6 Å². The van der Waals surface area contributed by atoms with Crippen molar-refractivity contribution in [1.29, 1.82) is 0 Å². The van der Waals surface area contributed by atoms with Crippen LogP contribution in [0.3, 0.4) is 0 Å². The lowest BCUT2D eigenvalue weighted by atomic mass is 10.0. The minimum absolute atomic E-state index is 0.197. The predicted molar refractivity (Wildman–Crippen MR) is 114 cm³/mol. The Morgan fingerprint density at radius 3 is 2.73 bits per heavy atom. The quantitative estimate of drug-likeness (QED) is 0.380. The number of rotatable bonds is 9. The first-order chi connectivity index (χ1) is 12.8. The summed E-state index contributed by atoms with van der Waals surface area (Å²) in [5.74, 6) is 2.05. The fourth-order valence-corrected chi connectivity index (χ4v) is 3.82. The second-order valence-corrected chi connectivity index (χ2v) is 7.66. The van der Waals surface area contributed by atoms with Crippen molar-refractivity contribution in [3.63, 3.8) is 0 Å². The molecule has 1 aromatic rings. The first-order valence-electron chi connectivity index (χ1n) is 9.26. The van der Waals surface area contributed by atoms with Crippen molar-refractivity contribution in [1.82, 2.24) is 15.5 Å². The Morgan fingerprint density at radius 2 is 2.04 bits per heavy atom. The second-order valence-electron chi connectivity index (χ2n) is 6.27. The van der Waals surface area contributed by atoms with E-state index in [1.165, 1.54) is 12.2 Å². The molecule has 0 spiro atoms. The van der Waals surface area contributed by atoms with Gasteiger partial charge in [0.2, 0.25) is 0 Å². The molecule has 0 saturated carbocycles. The van der Waals surface area contributed by atoms with Crippen LogP contribution in [0, 0.1) is 0 Å². The molecule has 1 fully saturated rings. The Bertz CT molecular complexity index is 552. The van der Waals surface area contributed by atoms with Gasteiger partial charge in [0.25, 0.3) is 0 Å². The molecule has 7 heteroatoms. The van der Waals surface area contributed by atoms with E-state index < -0.39 is 0 Å². The van der Waals surface area contributed by atoms with Crippen LogP contribution in [-0.2, 0) is 4.74 Å². The second kappa shape index (κ2) is 12.4. The van der Waals surface area contributed by atoms with Crippen LogP contribution in [0.2, 0.25) is 5.02 Å². The summed E-state index contributed by atoms with van der Waals surface area (Å²) < 4.78 is 5.52. The summed E-state index contributed by atoms with van der Waals surface area (Å²) in [6.07, 6.45) is 4.52. The minimum atomic E-state index is 0.197. The molecule has 1 aliphatic rings. The highest BCUT2D eigenvalue weighted by Crippen LogP contribution is 2.27. The number of guanidine groups is 1. The van der Waals surface area contributed by atoms with E-state index >= 15 is 0 Å². The van der Waals surface area contributed by atoms with Crippen LogP contribution in [0.25, 0.3) is 0 Å². The lowest BCUT2D eigenvalue weighted by molar-refractivity contribution is 0.0170. The zero-order valence-corrected chi connectivity index (χ0v) is 17.4. The fraction of sp³-hybridized carbons (Fsp3) is 0.632. The molecule has 1 saturated heterocycles. The number of nitrogens with one attached hydrogen (secondary N) is 2. The van der Waals surface area contributed by atoms with Crippen molar-refractivity contribution < 1.29 is 4.74 Å². The van der Waals surface area contributed by atoms with Gasteiger partial charge >= 0.3 is 0 Å². The normalized spacial score (nSPS) is 17.1. The van der Waals surface area contributed by atoms with Crippen LogP contribution in [0.1, 0.15) is 24.4 Å². The predicted octanol–water partition coefficient (Wildman–Crippen LogP) is 3.02. The maximum Gasteiger partial charge on any atom is 0.191 e. The van der Waals surface area contributed by atoms with Crippen molar-refractivity contribution >= 4 is 29.3 Å². The van der Waals surface area contributed by atoms with Crippen LogP contribution >= 0.6 is 23.4 Å². The fourth-order valence-electron chi connectivity index (χ4n) is 3.06. The molecule has 0 amide bonds. The van der Waals surface area contributed by atoms with Gasteiger partial charge in [-0.15, -0.1) is 0 Å². The third-order valence-corrected chi connectivity index (χ3v) is 5.55. The molecular formula is C19H31ClN4OS. The highest BCUT2D eigenvalue weighted by Gasteiger charge is 2.24. The lowest BCUT2D eigenvalue weighted by Crippen LogP contribution is -2.46. The highest BCUT2D eigenvalue weighted by molar-refractivity contribution is 7.98. The summed E-state index contributed by atoms with van der Waals surface area (Å²) in [6.45, 7) is 5.06. The van der Waals surface area contributed by atoms with Crippen LogP contribution in [0.15, 0.2) is 29.3 Å². The largest absolute Gasteiger partial charge is 0.379 e. The van der Waals surface area contributed by atoms with Crippen molar-refractivity contribution in [2.75, 3.05) is 58.4 Å². The SMILES string of the molecule is CN=C(NCCCCSC)NCC(c1ccccc1Cl)N1CCOCC1. The van der Waals surface area contributed by atoms with E-state index in [2.05, 4.69) is 32.8 Å². The molecule has 146 valence electrons. The first kappa shape index (κ1) is 21.4. The maximum absolute atomic E-state index is 6.49. The lowest BCUT2D eigenvalue weighted by Gasteiger charge is -2.35. The zero-order chi connectivity index (χ0) is 18.6. The third kappa shape index (κ3) is 6.99. The number of morpholine rings is 1. The molecule has 1 atom stereocenters. The van der Waals surface area contributed by atoms with Crippen LogP contribution in [0.4, 0.5) is 0 Å². The highest BCUT2D eigenvalue weighted by atomic mass is 35.5. The Kier molecular flexibility index (Phi) is 10.2. The van der Waals surface area contributed by atoms with E-state index in [1.54, 1.807) is 0 Å². The van der Waals surface area contributed by atoms with E-state index in [9.17, 15) is 0 Å². The van der Waals surface area contributed by atoms with E-state index in [4.69, 9.17) is 16.3 Å². The smallest absolute Gasteiger partial charge is 0.191 e. The number of nitrogens with zero attached hydrogens (tertiary/aromatic N) is 2. The molecule has 5 nitrogen and oxygen atoms in total.